The smallest absolute Gasteiger partial charge is 0.121 e. The van der Waals surface area contributed by atoms with Gasteiger partial charge in [-0.2, -0.15) is 0 Å². The first-order chi connectivity index (χ1) is 9.20. The minimum Gasteiger partial charge on any atom is -0.496 e. The number of hydrogen-bond acceptors (Lipinski definition) is 2. The Bertz CT molecular complexity index is 561. The second kappa shape index (κ2) is 6.10. The number of ether oxygens (including phenoxy) is 1. The third-order valence-corrected chi connectivity index (χ3v) is 3.08. The summed E-state index contributed by atoms with van der Waals surface area (Å²) in [7, 11) is 1.69. The highest BCUT2D eigenvalue weighted by atomic mass is 16.5. The summed E-state index contributed by atoms with van der Waals surface area (Å²) in [6, 6.07) is 16.3. The lowest BCUT2D eigenvalue weighted by Gasteiger charge is -2.11. The van der Waals surface area contributed by atoms with Crippen LogP contribution in [0.5, 0.6) is 5.75 Å². The van der Waals surface area contributed by atoms with Gasteiger partial charge >= 0.3 is 0 Å². The molecular formula is C17H19NO. The van der Waals surface area contributed by atoms with Gasteiger partial charge < -0.3 is 10.1 Å². The van der Waals surface area contributed by atoms with E-state index in [2.05, 4.69) is 30.1 Å². The van der Waals surface area contributed by atoms with Crippen molar-refractivity contribution in [2.45, 2.75) is 6.92 Å². The summed E-state index contributed by atoms with van der Waals surface area (Å²) in [5, 5.41) is 3.38. The second-order valence-corrected chi connectivity index (χ2v) is 4.51. The highest BCUT2D eigenvalue weighted by Gasteiger charge is 2.01. The molecule has 0 radical (unpaired) electrons. The highest BCUT2D eigenvalue weighted by molar-refractivity contribution is 5.67. The summed E-state index contributed by atoms with van der Waals surface area (Å²) >= 11 is 0. The van der Waals surface area contributed by atoms with E-state index >= 15 is 0 Å². The van der Waals surface area contributed by atoms with Crippen LogP contribution >= 0.6 is 0 Å². The number of methoxy groups -OCH3 is 1. The van der Waals surface area contributed by atoms with Crippen LogP contribution in [0.25, 0.3) is 5.57 Å². The van der Waals surface area contributed by atoms with E-state index < -0.39 is 0 Å². The number of rotatable bonds is 5. The second-order valence-electron chi connectivity index (χ2n) is 4.51. The quantitative estimate of drug-likeness (QED) is 0.865. The molecule has 2 rings (SSSR count). The molecule has 0 unspecified atom stereocenters. The Hall–Kier alpha value is -2.22. The molecule has 2 aromatic carbocycles. The van der Waals surface area contributed by atoms with E-state index in [4.69, 9.17) is 4.74 Å². The van der Waals surface area contributed by atoms with Crippen LogP contribution in [0.4, 0.5) is 5.69 Å². The molecule has 0 saturated heterocycles. The summed E-state index contributed by atoms with van der Waals surface area (Å²) in [5.41, 5.74) is 4.45. The fourth-order valence-corrected chi connectivity index (χ4v) is 1.97. The summed E-state index contributed by atoms with van der Waals surface area (Å²) in [6.07, 6.45) is 0. The molecule has 19 heavy (non-hydrogen) atoms. The minimum absolute atomic E-state index is 0.732. The van der Waals surface area contributed by atoms with Crippen LogP contribution < -0.4 is 10.1 Å². The zero-order valence-corrected chi connectivity index (χ0v) is 11.4. The number of aryl methyl sites for hydroxylation is 1. The van der Waals surface area contributed by atoms with E-state index in [9.17, 15) is 0 Å². The molecule has 1 N–H and O–H groups in total. The van der Waals surface area contributed by atoms with E-state index in [0.29, 0.717) is 0 Å². The molecular weight excluding hydrogens is 234 g/mol. The first-order valence-electron chi connectivity index (χ1n) is 6.32. The predicted octanol–water partition coefficient (Wildman–Crippen LogP) is 4.13. The van der Waals surface area contributed by atoms with Crippen molar-refractivity contribution in [3.05, 3.63) is 66.2 Å². The van der Waals surface area contributed by atoms with Crippen molar-refractivity contribution in [2.75, 3.05) is 19.0 Å². The van der Waals surface area contributed by atoms with E-state index in [1.165, 1.54) is 5.56 Å². The average molecular weight is 253 g/mol. The Balaban J connectivity index is 1.99. The molecule has 2 heteroatoms. The lowest BCUT2D eigenvalue weighted by atomic mass is 10.1. The van der Waals surface area contributed by atoms with Gasteiger partial charge in [-0.1, -0.05) is 36.9 Å². The third-order valence-electron chi connectivity index (χ3n) is 3.08. The van der Waals surface area contributed by atoms with E-state index in [1.807, 2.05) is 37.3 Å². The molecule has 0 amide bonds. The van der Waals surface area contributed by atoms with Crippen molar-refractivity contribution in [3.8, 4) is 5.75 Å². The van der Waals surface area contributed by atoms with E-state index in [-0.39, 0.29) is 0 Å². The Morgan fingerprint density at radius 2 is 1.89 bits per heavy atom. The minimum atomic E-state index is 0.732. The molecule has 0 heterocycles. The summed E-state index contributed by atoms with van der Waals surface area (Å²) in [5.74, 6) is 0.910. The Labute approximate surface area is 114 Å². The van der Waals surface area contributed by atoms with Crippen LogP contribution in [0.2, 0.25) is 0 Å². The molecule has 2 nitrogen and oxygen atoms in total. The molecule has 0 atom stereocenters. The number of anilines is 1. The SMILES string of the molecule is C=C(CNc1ccc(OC)c(C)c1)c1ccccc1. The maximum Gasteiger partial charge on any atom is 0.121 e. The van der Waals surface area contributed by atoms with Crippen molar-refractivity contribution in [3.63, 3.8) is 0 Å². The molecule has 0 spiro atoms. The van der Waals surface area contributed by atoms with Crippen LogP contribution in [-0.4, -0.2) is 13.7 Å². The van der Waals surface area contributed by atoms with Gasteiger partial charge in [-0.05, 0) is 41.8 Å². The fourth-order valence-electron chi connectivity index (χ4n) is 1.97. The van der Waals surface area contributed by atoms with Crippen LogP contribution in [0.1, 0.15) is 11.1 Å². The predicted molar refractivity (Wildman–Crippen MR) is 81.7 cm³/mol. The topological polar surface area (TPSA) is 21.3 Å². The van der Waals surface area contributed by atoms with Gasteiger partial charge in [0, 0.05) is 12.2 Å². The lowest BCUT2D eigenvalue weighted by Crippen LogP contribution is -2.03. The average Bonchev–Trinajstić information content (AvgIpc) is 2.46. The van der Waals surface area contributed by atoms with Crippen molar-refractivity contribution >= 4 is 11.3 Å². The van der Waals surface area contributed by atoms with Crippen LogP contribution in [0.3, 0.4) is 0 Å². The number of benzene rings is 2. The fraction of sp³-hybridized carbons (Fsp3) is 0.176. The Morgan fingerprint density at radius 3 is 2.53 bits per heavy atom. The van der Waals surface area contributed by atoms with Gasteiger partial charge in [0.15, 0.2) is 0 Å². The van der Waals surface area contributed by atoms with Crippen molar-refractivity contribution in [2.24, 2.45) is 0 Å². The van der Waals surface area contributed by atoms with Crippen molar-refractivity contribution in [1.82, 2.24) is 0 Å². The van der Waals surface area contributed by atoms with Gasteiger partial charge in [-0.25, -0.2) is 0 Å². The third kappa shape index (κ3) is 3.38. The van der Waals surface area contributed by atoms with Crippen molar-refractivity contribution in [1.29, 1.82) is 0 Å². The van der Waals surface area contributed by atoms with Crippen LogP contribution in [-0.2, 0) is 0 Å². The lowest BCUT2D eigenvalue weighted by molar-refractivity contribution is 0.412. The largest absolute Gasteiger partial charge is 0.496 e. The normalized spacial score (nSPS) is 10.0. The van der Waals surface area contributed by atoms with Gasteiger partial charge in [0.05, 0.1) is 7.11 Å². The molecule has 0 saturated carbocycles. The Morgan fingerprint density at radius 1 is 1.16 bits per heavy atom. The first kappa shape index (κ1) is 13.2. The number of nitrogens with one attached hydrogen (secondary N) is 1. The van der Waals surface area contributed by atoms with Gasteiger partial charge in [-0.3, -0.25) is 0 Å². The van der Waals surface area contributed by atoms with Crippen molar-refractivity contribution < 1.29 is 4.74 Å². The first-order valence-corrected chi connectivity index (χ1v) is 6.32. The summed E-state index contributed by atoms with van der Waals surface area (Å²) in [6.45, 7) is 6.88. The summed E-state index contributed by atoms with van der Waals surface area (Å²) < 4.78 is 5.25. The van der Waals surface area contributed by atoms with Crippen LogP contribution in [0, 0.1) is 6.92 Å². The molecule has 0 fully saturated rings. The van der Waals surface area contributed by atoms with Gasteiger partial charge in [-0.15, -0.1) is 0 Å². The Kier molecular flexibility index (Phi) is 4.24. The van der Waals surface area contributed by atoms with Gasteiger partial charge in [0.1, 0.15) is 5.75 Å². The molecule has 2 aromatic rings. The molecule has 0 bridgehead atoms. The van der Waals surface area contributed by atoms with E-state index in [1.54, 1.807) is 7.11 Å². The molecule has 0 aromatic heterocycles. The van der Waals surface area contributed by atoms with Gasteiger partial charge in [0.2, 0.25) is 0 Å². The van der Waals surface area contributed by atoms with E-state index in [0.717, 1.165) is 29.1 Å². The number of hydrogen-bond donors (Lipinski definition) is 1. The zero-order valence-electron chi connectivity index (χ0n) is 11.4. The van der Waals surface area contributed by atoms with Gasteiger partial charge in [0.25, 0.3) is 0 Å². The highest BCUT2D eigenvalue weighted by Crippen LogP contribution is 2.22. The molecule has 0 aliphatic rings. The van der Waals surface area contributed by atoms with Crippen LogP contribution in [0.15, 0.2) is 55.1 Å². The molecule has 98 valence electrons. The maximum absolute atomic E-state index is 5.25. The summed E-state index contributed by atoms with van der Waals surface area (Å²) in [4.78, 5) is 0. The molecule has 0 aliphatic heterocycles. The zero-order chi connectivity index (χ0) is 13.7. The monoisotopic (exact) mass is 253 g/mol. The molecule has 0 aliphatic carbocycles. The maximum atomic E-state index is 5.25. The standard InChI is InChI=1S/C17H19NO/c1-13-11-16(9-10-17(13)19-3)18-12-14(2)15-7-5-4-6-8-15/h4-11,18H,2,12H2,1,3H3.